The first-order chi connectivity index (χ1) is 9.67. The molecule has 1 aromatic carbocycles. The summed E-state index contributed by atoms with van der Waals surface area (Å²) < 4.78 is 5.62. The topological polar surface area (TPSA) is 47.3 Å². The van der Waals surface area contributed by atoms with Crippen molar-refractivity contribution >= 4 is 0 Å². The average Bonchev–Trinajstić information content (AvgIpc) is 2.70. The number of ether oxygens (including phenoxy) is 1. The molecule has 1 fully saturated rings. The average molecular weight is 276 g/mol. The molecule has 0 spiro atoms. The van der Waals surface area contributed by atoms with Crippen LogP contribution in [0.3, 0.4) is 0 Å². The standard InChI is InChI=1S/C17H28N2O/c1-12-10-13(2)16(15(11-12)20-3)17(19-18)14-8-6-4-5-7-9-14/h10-11,14,17,19H,4-9,18H2,1-3H3. The van der Waals surface area contributed by atoms with Crippen molar-refractivity contribution in [2.45, 2.75) is 58.4 Å². The minimum atomic E-state index is 0.198. The van der Waals surface area contributed by atoms with Crippen LogP contribution in [-0.2, 0) is 0 Å². The third-order valence-corrected chi connectivity index (χ3v) is 4.57. The van der Waals surface area contributed by atoms with Crippen molar-refractivity contribution in [3.05, 3.63) is 28.8 Å². The second-order valence-electron chi connectivity index (χ2n) is 6.09. The summed E-state index contributed by atoms with van der Waals surface area (Å²) in [5.41, 5.74) is 6.82. The highest BCUT2D eigenvalue weighted by atomic mass is 16.5. The molecule has 0 aromatic heterocycles. The van der Waals surface area contributed by atoms with Gasteiger partial charge in [0.25, 0.3) is 0 Å². The molecule has 1 unspecified atom stereocenters. The second-order valence-corrected chi connectivity index (χ2v) is 6.09. The van der Waals surface area contributed by atoms with Crippen LogP contribution in [0.1, 0.15) is 61.3 Å². The Balaban J connectivity index is 2.35. The van der Waals surface area contributed by atoms with Gasteiger partial charge in [-0.1, -0.05) is 31.7 Å². The first-order valence-corrected chi connectivity index (χ1v) is 7.78. The number of rotatable bonds is 4. The van der Waals surface area contributed by atoms with Gasteiger partial charge >= 0.3 is 0 Å². The highest BCUT2D eigenvalue weighted by molar-refractivity contribution is 5.45. The normalized spacial score (nSPS) is 18.6. The summed E-state index contributed by atoms with van der Waals surface area (Å²) in [6, 6.07) is 4.53. The van der Waals surface area contributed by atoms with Gasteiger partial charge in [0.15, 0.2) is 0 Å². The van der Waals surface area contributed by atoms with E-state index in [9.17, 15) is 0 Å². The molecule has 0 saturated heterocycles. The lowest BCUT2D eigenvalue weighted by Gasteiger charge is -2.29. The molecule has 0 radical (unpaired) electrons. The van der Waals surface area contributed by atoms with Crippen LogP contribution >= 0.6 is 0 Å². The number of hydrazine groups is 1. The van der Waals surface area contributed by atoms with Gasteiger partial charge in [-0.2, -0.15) is 0 Å². The maximum absolute atomic E-state index is 5.91. The van der Waals surface area contributed by atoms with Gasteiger partial charge in [0.05, 0.1) is 13.2 Å². The van der Waals surface area contributed by atoms with Crippen LogP contribution in [0.25, 0.3) is 0 Å². The molecule has 1 aliphatic rings. The van der Waals surface area contributed by atoms with Crippen LogP contribution in [-0.4, -0.2) is 7.11 Å². The molecule has 0 amide bonds. The summed E-state index contributed by atoms with van der Waals surface area (Å²) in [6.45, 7) is 4.27. The molecule has 2 rings (SSSR count). The summed E-state index contributed by atoms with van der Waals surface area (Å²) in [4.78, 5) is 0. The van der Waals surface area contributed by atoms with Crippen LogP contribution in [0.5, 0.6) is 5.75 Å². The number of hydrogen-bond acceptors (Lipinski definition) is 3. The van der Waals surface area contributed by atoms with E-state index >= 15 is 0 Å². The van der Waals surface area contributed by atoms with Gasteiger partial charge in [-0.25, -0.2) is 0 Å². The van der Waals surface area contributed by atoms with E-state index in [-0.39, 0.29) is 6.04 Å². The van der Waals surface area contributed by atoms with Crippen LogP contribution in [0.4, 0.5) is 0 Å². The third-order valence-electron chi connectivity index (χ3n) is 4.57. The summed E-state index contributed by atoms with van der Waals surface area (Å²) in [5, 5.41) is 0. The van der Waals surface area contributed by atoms with Crippen molar-refractivity contribution in [3.63, 3.8) is 0 Å². The fourth-order valence-electron chi connectivity index (χ4n) is 3.61. The minimum Gasteiger partial charge on any atom is -0.496 e. The monoisotopic (exact) mass is 276 g/mol. The van der Waals surface area contributed by atoms with E-state index < -0.39 is 0 Å². The molecule has 20 heavy (non-hydrogen) atoms. The second kappa shape index (κ2) is 7.09. The van der Waals surface area contributed by atoms with Crippen molar-refractivity contribution in [3.8, 4) is 5.75 Å². The van der Waals surface area contributed by atoms with Crippen molar-refractivity contribution < 1.29 is 4.74 Å². The lowest BCUT2D eigenvalue weighted by Crippen LogP contribution is -2.34. The maximum Gasteiger partial charge on any atom is 0.124 e. The van der Waals surface area contributed by atoms with Crippen molar-refractivity contribution in [2.75, 3.05) is 7.11 Å². The fourth-order valence-corrected chi connectivity index (χ4v) is 3.61. The molecule has 3 N–H and O–H groups in total. The quantitative estimate of drug-likeness (QED) is 0.500. The number of benzene rings is 1. The van der Waals surface area contributed by atoms with E-state index in [1.165, 1.54) is 55.2 Å². The van der Waals surface area contributed by atoms with Gasteiger partial charge in [0.1, 0.15) is 5.75 Å². The van der Waals surface area contributed by atoms with E-state index in [4.69, 9.17) is 10.6 Å². The number of methoxy groups -OCH3 is 1. The van der Waals surface area contributed by atoms with Gasteiger partial charge < -0.3 is 4.74 Å². The number of aryl methyl sites for hydroxylation is 2. The Labute approximate surface area is 122 Å². The zero-order chi connectivity index (χ0) is 14.5. The molecular weight excluding hydrogens is 248 g/mol. The van der Waals surface area contributed by atoms with E-state index in [1.807, 2.05) is 0 Å². The fraction of sp³-hybridized carbons (Fsp3) is 0.647. The Bertz CT molecular complexity index is 437. The summed E-state index contributed by atoms with van der Waals surface area (Å²) in [6.07, 6.45) is 7.86. The molecule has 3 heteroatoms. The molecular formula is C17H28N2O. The molecule has 1 saturated carbocycles. The molecule has 0 heterocycles. The molecule has 1 aromatic rings. The Morgan fingerprint density at radius 1 is 1.15 bits per heavy atom. The number of nitrogens with two attached hydrogens (primary N) is 1. The Morgan fingerprint density at radius 3 is 2.35 bits per heavy atom. The van der Waals surface area contributed by atoms with Crippen LogP contribution in [0, 0.1) is 19.8 Å². The SMILES string of the molecule is COc1cc(C)cc(C)c1C(NN)C1CCCCCC1. The zero-order valence-corrected chi connectivity index (χ0v) is 13.0. The molecule has 112 valence electrons. The summed E-state index contributed by atoms with van der Waals surface area (Å²) in [7, 11) is 1.75. The van der Waals surface area contributed by atoms with Crippen LogP contribution < -0.4 is 16.0 Å². The highest BCUT2D eigenvalue weighted by Crippen LogP contribution is 2.38. The van der Waals surface area contributed by atoms with E-state index in [2.05, 4.69) is 31.4 Å². The largest absolute Gasteiger partial charge is 0.496 e. The molecule has 0 aliphatic heterocycles. The smallest absolute Gasteiger partial charge is 0.124 e. The molecule has 1 aliphatic carbocycles. The van der Waals surface area contributed by atoms with Gasteiger partial charge in [-0.05, 0) is 49.8 Å². The van der Waals surface area contributed by atoms with Crippen molar-refractivity contribution in [2.24, 2.45) is 11.8 Å². The van der Waals surface area contributed by atoms with Gasteiger partial charge in [0.2, 0.25) is 0 Å². The lowest BCUT2D eigenvalue weighted by atomic mass is 9.85. The number of nitrogens with one attached hydrogen (secondary N) is 1. The van der Waals surface area contributed by atoms with Crippen LogP contribution in [0.2, 0.25) is 0 Å². The first-order valence-electron chi connectivity index (χ1n) is 7.78. The molecule has 0 bridgehead atoms. The lowest BCUT2D eigenvalue weighted by molar-refractivity contribution is 0.314. The molecule has 3 nitrogen and oxygen atoms in total. The van der Waals surface area contributed by atoms with E-state index in [1.54, 1.807) is 7.11 Å². The van der Waals surface area contributed by atoms with Crippen molar-refractivity contribution in [1.82, 2.24) is 5.43 Å². The van der Waals surface area contributed by atoms with Crippen molar-refractivity contribution in [1.29, 1.82) is 0 Å². The highest BCUT2D eigenvalue weighted by Gasteiger charge is 2.27. The van der Waals surface area contributed by atoms with Gasteiger partial charge in [0, 0.05) is 5.56 Å². The Hall–Kier alpha value is -1.06. The summed E-state index contributed by atoms with van der Waals surface area (Å²) >= 11 is 0. The van der Waals surface area contributed by atoms with E-state index in [0.717, 1.165) is 5.75 Å². The van der Waals surface area contributed by atoms with Gasteiger partial charge in [-0.3, -0.25) is 11.3 Å². The Kier molecular flexibility index (Phi) is 5.44. The third kappa shape index (κ3) is 3.33. The van der Waals surface area contributed by atoms with Gasteiger partial charge in [-0.15, -0.1) is 0 Å². The maximum atomic E-state index is 5.91. The van der Waals surface area contributed by atoms with Crippen LogP contribution in [0.15, 0.2) is 12.1 Å². The first kappa shape index (κ1) is 15.3. The zero-order valence-electron chi connectivity index (χ0n) is 13.0. The van der Waals surface area contributed by atoms with E-state index in [0.29, 0.717) is 5.92 Å². The minimum absolute atomic E-state index is 0.198. The number of hydrogen-bond donors (Lipinski definition) is 2. The summed E-state index contributed by atoms with van der Waals surface area (Å²) in [5.74, 6) is 7.49. The Morgan fingerprint density at radius 2 is 1.80 bits per heavy atom. The predicted molar refractivity (Wildman–Crippen MR) is 83.7 cm³/mol. The predicted octanol–water partition coefficient (Wildman–Crippen LogP) is 3.79. The molecule has 1 atom stereocenters.